The zero-order chi connectivity index (χ0) is 15.4. The molecule has 1 aliphatic heterocycles. The first-order valence-electron chi connectivity index (χ1n) is 6.36. The van der Waals surface area contributed by atoms with Crippen molar-refractivity contribution in [3.8, 4) is 5.75 Å². The zero-order valence-corrected chi connectivity index (χ0v) is 13.0. The summed E-state index contributed by atoms with van der Waals surface area (Å²) in [5.41, 5.74) is 0.210. The molecule has 21 heavy (non-hydrogen) atoms. The Hall–Kier alpha value is -1.67. The van der Waals surface area contributed by atoms with Crippen molar-refractivity contribution in [3.05, 3.63) is 33.9 Å². The van der Waals surface area contributed by atoms with E-state index in [1.54, 1.807) is 4.90 Å². The van der Waals surface area contributed by atoms with Crippen LogP contribution in [0.2, 0.25) is 0 Å². The molecule has 1 aromatic carbocycles. The first kappa shape index (κ1) is 15.7. The highest BCUT2D eigenvalue weighted by Gasteiger charge is 2.26. The van der Waals surface area contributed by atoms with E-state index in [0.29, 0.717) is 30.6 Å². The largest absolute Gasteiger partial charge is 0.490 e. The van der Waals surface area contributed by atoms with E-state index in [1.807, 2.05) is 0 Å². The molecule has 1 aliphatic rings. The Balaban J connectivity index is 2.21. The number of benzene rings is 1. The van der Waals surface area contributed by atoms with Gasteiger partial charge in [0.05, 0.1) is 24.7 Å². The van der Waals surface area contributed by atoms with Crippen molar-refractivity contribution in [2.75, 3.05) is 32.1 Å². The smallest absolute Gasteiger partial charge is 0.310 e. The fourth-order valence-corrected chi connectivity index (χ4v) is 2.53. The molecule has 0 bridgehead atoms. The molecule has 1 amide bonds. The quantitative estimate of drug-likeness (QED) is 0.466. The maximum absolute atomic E-state index is 12.4. The van der Waals surface area contributed by atoms with E-state index in [9.17, 15) is 14.9 Å². The van der Waals surface area contributed by atoms with E-state index in [2.05, 4.69) is 15.9 Å². The summed E-state index contributed by atoms with van der Waals surface area (Å²) in [6.07, 6.45) is -0.0392. The number of hydrogen-bond acceptors (Lipinski definition) is 5. The fraction of sp³-hybridized carbons (Fsp3) is 0.462. The molecule has 1 atom stereocenters. The van der Waals surface area contributed by atoms with Gasteiger partial charge in [0.2, 0.25) is 0 Å². The number of alkyl halides is 1. The van der Waals surface area contributed by atoms with Crippen molar-refractivity contribution < 1.29 is 19.2 Å². The second-order valence-electron chi connectivity index (χ2n) is 4.54. The molecule has 0 aliphatic carbocycles. The standard InChI is InChI=1S/C13H15BrN2O5/c1-20-12-6-9(2-3-11(12)16(18)19)13(17)15-4-5-21-10(7-14)8-15/h2-3,6,10H,4-5,7-8H2,1H3. The summed E-state index contributed by atoms with van der Waals surface area (Å²) in [5.74, 6) is -0.103. The summed E-state index contributed by atoms with van der Waals surface area (Å²) in [6.45, 7) is 1.47. The number of nitro groups is 1. The third kappa shape index (κ3) is 3.51. The van der Waals surface area contributed by atoms with Gasteiger partial charge in [-0.2, -0.15) is 0 Å². The van der Waals surface area contributed by atoms with Crippen LogP contribution < -0.4 is 4.74 Å². The second-order valence-corrected chi connectivity index (χ2v) is 5.19. The van der Waals surface area contributed by atoms with Crippen LogP contribution in [0.4, 0.5) is 5.69 Å². The number of carbonyl (C=O) groups is 1. The summed E-state index contributed by atoms with van der Waals surface area (Å²) in [6, 6.07) is 4.13. The molecule has 0 radical (unpaired) electrons. The lowest BCUT2D eigenvalue weighted by atomic mass is 10.1. The van der Waals surface area contributed by atoms with Crippen LogP contribution in [0.5, 0.6) is 5.75 Å². The van der Waals surface area contributed by atoms with Crippen LogP contribution in [0.3, 0.4) is 0 Å². The Labute approximate surface area is 130 Å². The van der Waals surface area contributed by atoms with Crippen LogP contribution in [0, 0.1) is 10.1 Å². The Kier molecular flexibility index (Phi) is 5.13. The average Bonchev–Trinajstić information content (AvgIpc) is 2.53. The summed E-state index contributed by atoms with van der Waals surface area (Å²) >= 11 is 3.33. The number of amides is 1. The molecule has 7 nitrogen and oxygen atoms in total. The van der Waals surface area contributed by atoms with Crippen molar-refractivity contribution in [3.63, 3.8) is 0 Å². The number of nitro benzene ring substituents is 1. The lowest BCUT2D eigenvalue weighted by molar-refractivity contribution is -0.385. The molecule has 0 spiro atoms. The molecule has 114 valence electrons. The summed E-state index contributed by atoms with van der Waals surface area (Å²) in [7, 11) is 1.34. The normalized spacial score (nSPS) is 18.4. The molecule has 1 heterocycles. The number of morpholine rings is 1. The van der Waals surface area contributed by atoms with E-state index >= 15 is 0 Å². The lowest BCUT2D eigenvalue weighted by Crippen LogP contribution is -2.46. The number of ether oxygens (including phenoxy) is 2. The average molecular weight is 359 g/mol. The van der Waals surface area contributed by atoms with Crippen LogP contribution in [-0.2, 0) is 4.74 Å². The molecule has 0 saturated carbocycles. The third-order valence-corrected chi connectivity index (χ3v) is 3.94. The summed E-state index contributed by atoms with van der Waals surface area (Å²) in [4.78, 5) is 24.4. The lowest BCUT2D eigenvalue weighted by Gasteiger charge is -2.32. The Morgan fingerprint density at radius 3 is 3.00 bits per heavy atom. The van der Waals surface area contributed by atoms with E-state index < -0.39 is 4.92 Å². The number of halogens is 1. The van der Waals surface area contributed by atoms with Gasteiger partial charge in [-0.25, -0.2) is 0 Å². The number of rotatable bonds is 4. The van der Waals surface area contributed by atoms with Gasteiger partial charge in [0.1, 0.15) is 0 Å². The number of carbonyl (C=O) groups excluding carboxylic acids is 1. The van der Waals surface area contributed by atoms with Gasteiger partial charge in [0, 0.05) is 36.1 Å². The predicted molar refractivity (Wildman–Crippen MR) is 79.1 cm³/mol. The van der Waals surface area contributed by atoms with Crippen molar-refractivity contribution in [2.24, 2.45) is 0 Å². The molecule has 1 aromatic rings. The minimum absolute atomic E-state index is 0.0392. The maximum atomic E-state index is 12.4. The third-order valence-electron chi connectivity index (χ3n) is 3.22. The Bertz CT molecular complexity index is 551. The molecule has 1 unspecified atom stereocenters. The van der Waals surface area contributed by atoms with E-state index in [0.717, 1.165) is 0 Å². The molecule has 2 rings (SSSR count). The first-order chi connectivity index (χ1) is 10.1. The van der Waals surface area contributed by atoms with Gasteiger partial charge in [-0.15, -0.1) is 0 Å². The highest BCUT2D eigenvalue weighted by molar-refractivity contribution is 9.09. The topological polar surface area (TPSA) is 81.9 Å². The molecular formula is C13H15BrN2O5. The van der Waals surface area contributed by atoms with Gasteiger partial charge < -0.3 is 14.4 Å². The number of nitrogens with zero attached hydrogens (tertiary/aromatic N) is 2. The van der Waals surface area contributed by atoms with Crippen LogP contribution >= 0.6 is 15.9 Å². The molecule has 8 heteroatoms. The minimum atomic E-state index is -0.539. The van der Waals surface area contributed by atoms with Crippen molar-refractivity contribution in [2.45, 2.75) is 6.10 Å². The highest BCUT2D eigenvalue weighted by atomic mass is 79.9. The van der Waals surface area contributed by atoms with Crippen molar-refractivity contribution in [1.29, 1.82) is 0 Å². The van der Waals surface area contributed by atoms with Gasteiger partial charge in [-0.1, -0.05) is 15.9 Å². The van der Waals surface area contributed by atoms with Crippen LogP contribution in [0.25, 0.3) is 0 Å². The SMILES string of the molecule is COc1cc(C(=O)N2CCOC(CBr)C2)ccc1[N+](=O)[O-]. The molecule has 1 saturated heterocycles. The molecule has 1 fully saturated rings. The number of hydrogen-bond donors (Lipinski definition) is 0. The van der Waals surface area contributed by atoms with Gasteiger partial charge in [0.15, 0.2) is 5.75 Å². The Morgan fingerprint density at radius 1 is 1.62 bits per heavy atom. The monoisotopic (exact) mass is 358 g/mol. The zero-order valence-electron chi connectivity index (χ0n) is 11.5. The van der Waals surface area contributed by atoms with E-state index in [1.165, 1.54) is 25.3 Å². The summed E-state index contributed by atoms with van der Waals surface area (Å²) < 4.78 is 10.5. The Morgan fingerprint density at radius 2 is 2.38 bits per heavy atom. The molecule has 0 aromatic heterocycles. The number of methoxy groups -OCH3 is 1. The molecule has 0 N–H and O–H groups in total. The second kappa shape index (κ2) is 6.86. The summed E-state index contributed by atoms with van der Waals surface area (Å²) in [5, 5.41) is 11.5. The van der Waals surface area contributed by atoms with E-state index in [-0.39, 0.29) is 23.4 Å². The van der Waals surface area contributed by atoms with Crippen LogP contribution in [0.1, 0.15) is 10.4 Å². The van der Waals surface area contributed by atoms with Crippen molar-refractivity contribution in [1.82, 2.24) is 4.90 Å². The van der Waals surface area contributed by atoms with Crippen LogP contribution in [-0.4, -0.2) is 54.0 Å². The van der Waals surface area contributed by atoms with Gasteiger partial charge in [-0.05, 0) is 6.07 Å². The molecular weight excluding hydrogens is 344 g/mol. The predicted octanol–water partition coefficient (Wildman–Crippen LogP) is 1.84. The van der Waals surface area contributed by atoms with Gasteiger partial charge in [-0.3, -0.25) is 14.9 Å². The fourth-order valence-electron chi connectivity index (χ4n) is 2.14. The van der Waals surface area contributed by atoms with Gasteiger partial charge in [0.25, 0.3) is 5.91 Å². The maximum Gasteiger partial charge on any atom is 0.310 e. The first-order valence-corrected chi connectivity index (χ1v) is 7.48. The van der Waals surface area contributed by atoms with E-state index in [4.69, 9.17) is 9.47 Å². The van der Waals surface area contributed by atoms with Crippen LogP contribution in [0.15, 0.2) is 18.2 Å². The van der Waals surface area contributed by atoms with Crippen molar-refractivity contribution >= 4 is 27.5 Å². The minimum Gasteiger partial charge on any atom is -0.490 e. The highest BCUT2D eigenvalue weighted by Crippen LogP contribution is 2.28. The van der Waals surface area contributed by atoms with Gasteiger partial charge >= 0.3 is 5.69 Å².